The Morgan fingerprint density at radius 1 is 1.16 bits per heavy atom. The molecule has 1 fully saturated rings. The van der Waals surface area contributed by atoms with Crippen molar-refractivity contribution in [3.05, 3.63) is 35.6 Å². The van der Waals surface area contributed by atoms with Crippen molar-refractivity contribution in [1.82, 2.24) is 9.62 Å². The van der Waals surface area contributed by atoms with Crippen LogP contribution in [0.15, 0.2) is 24.3 Å². The second-order valence-corrected chi connectivity index (χ2v) is 8.67. The van der Waals surface area contributed by atoms with Gasteiger partial charge < -0.3 is 5.32 Å². The van der Waals surface area contributed by atoms with Crippen molar-refractivity contribution < 1.29 is 17.6 Å². The first kappa shape index (κ1) is 19.8. The number of carbonyl (C=O) groups excluding carboxylic acids is 1. The van der Waals surface area contributed by atoms with Gasteiger partial charge in [-0.3, -0.25) is 4.79 Å². The summed E-state index contributed by atoms with van der Waals surface area (Å²) >= 11 is 0. The smallest absolute Gasteiger partial charge is 0.221 e. The molecule has 0 saturated heterocycles. The molecule has 0 heterocycles. The van der Waals surface area contributed by atoms with Gasteiger partial charge in [0.05, 0.1) is 6.26 Å². The molecule has 0 bridgehead atoms. The van der Waals surface area contributed by atoms with Crippen LogP contribution < -0.4 is 5.32 Å². The Kier molecular flexibility index (Phi) is 7.38. The Balaban J connectivity index is 1.82. The van der Waals surface area contributed by atoms with E-state index in [1.165, 1.54) is 22.9 Å². The number of hydrogen-bond acceptors (Lipinski definition) is 3. The average molecular weight is 370 g/mol. The summed E-state index contributed by atoms with van der Waals surface area (Å²) in [5, 5.41) is 3.00. The van der Waals surface area contributed by atoms with E-state index in [4.69, 9.17) is 0 Å². The molecule has 1 amide bonds. The number of nitrogens with zero attached hydrogens (tertiary/aromatic N) is 1. The standard InChI is InChI=1S/C18H27FN2O3S/c1-25(23,24)21(13-11-15-7-9-16(19)10-8-15)14-12-18(22)20-17-5-3-2-4-6-17/h7-10,17H,2-6,11-14H2,1H3,(H,20,22). The third-order valence-corrected chi connectivity index (χ3v) is 5.89. The van der Waals surface area contributed by atoms with Crippen LogP contribution in [0.2, 0.25) is 0 Å². The fourth-order valence-electron chi connectivity index (χ4n) is 3.12. The van der Waals surface area contributed by atoms with E-state index < -0.39 is 10.0 Å². The van der Waals surface area contributed by atoms with Gasteiger partial charge in [-0.05, 0) is 37.0 Å². The van der Waals surface area contributed by atoms with E-state index in [0.29, 0.717) is 6.42 Å². The van der Waals surface area contributed by atoms with E-state index in [2.05, 4.69) is 5.32 Å². The van der Waals surface area contributed by atoms with Crippen molar-refractivity contribution in [2.45, 2.75) is 51.0 Å². The molecule has 7 heteroatoms. The number of hydrogen-bond donors (Lipinski definition) is 1. The van der Waals surface area contributed by atoms with E-state index in [-0.39, 0.29) is 37.3 Å². The van der Waals surface area contributed by atoms with E-state index in [1.54, 1.807) is 12.1 Å². The van der Waals surface area contributed by atoms with E-state index in [0.717, 1.165) is 37.5 Å². The molecule has 25 heavy (non-hydrogen) atoms. The van der Waals surface area contributed by atoms with Gasteiger partial charge in [0.25, 0.3) is 0 Å². The molecule has 1 aromatic rings. The van der Waals surface area contributed by atoms with E-state index in [9.17, 15) is 17.6 Å². The van der Waals surface area contributed by atoms with Gasteiger partial charge in [-0.25, -0.2) is 17.1 Å². The molecule has 0 unspecified atom stereocenters. The van der Waals surface area contributed by atoms with Crippen LogP contribution in [0.25, 0.3) is 0 Å². The van der Waals surface area contributed by atoms with Crippen molar-refractivity contribution in [3.8, 4) is 0 Å². The van der Waals surface area contributed by atoms with Gasteiger partial charge >= 0.3 is 0 Å². The Morgan fingerprint density at radius 3 is 2.40 bits per heavy atom. The summed E-state index contributed by atoms with van der Waals surface area (Å²) in [4.78, 5) is 12.1. The van der Waals surface area contributed by atoms with Crippen molar-refractivity contribution in [2.75, 3.05) is 19.3 Å². The lowest BCUT2D eigenvalue weighted by molar-refractivity contribution is -0.122. The summed E-state index contributed by atoms with van der Waals surface area (Å²) in [6.07, 6.45) is 7.30. The monoisotopic (exact) mass is 370 g/mol. The number of carbonyl (C=O) groups is 1. The van der Waals surface area contributed by atoms with Crippen LogP contribution in [0.3, 0.4) is 0 Å². The molecular formula is C18H27FN2O3S. The van der Waals surface area contributed by atoms with Crippen molar-refractivity contribution in [1.29, 1.82) is 0 Å². The fraction of sp³-hybridized carbons (Fsp3) is 0.611. The van der Waals surface area contributed by atoms with Gasteiger partial charge in [0, 0.05) is 25.6 Å². The molecule has 1 N–H and O–H groups in total. The highest BCUT2D eigenvalue weighted by Crippen LogP contribution is 2.17. The highest BCUT2D eigenvalue weighted by Gasteiger charge is 2.20. The lowest BCUT2D eigenvalue weighted by Crippen LogP contribution is -2.39. The van der Waals surface area contributed by atoms with Crippen LogP contribution in [0.5, 0.6) is 0 Å². The van der Waals surface area contributed by atoms with Crippen molar-refractivity contribution in [3.63, 3.8) is 0 Å². The summed E-state index contributed by atoms with van der Waals surface area (Å²) in [5.74, 6) is -0.412. The molecule has 5 nitrogen and oxygen atoms in total. The van der Waals surface area contributed by atoms with Gasteiger partial charge in [0.1, 0.15) is 5.82 Å². The predicted octanol–water partition coefficient (Wildman–Crippen LogP) is 2.47. The van der Waals surface area contributed by atoms with Crippen LogP contribution >= 0.6 is 0 Å². The molecule has 0 aliphatic heterocycles. The molecule has 1 aliphatic rings. The highest BCUT2D eigenvalue weighted by atomic mass is 32.2. The molecular weight excluding hydrogens is 343 g/mol. The zero-order valence-electron chi connectivity index (χ0n) is 14.7. The number of nitrogens with one attached hydrogen (secondary N) is 1. The van der Waals surface area contributed by atoms with Gasteiger partial charge in [0.2, 0.25) is 15.9 Å². The highest BCUT2D eigenvalue weighted by molar-refractivity contribution is 7.88. The molecule has 1 aliphatic carbocycles. The second kappa shape index (κ2) is 9.29. The zero-order valence-corrected chi connectivity index (χ0v) is 15.5. The van der Waals surface area contributed by atoms with Gasteiger partial charge in [-0.15, -0.1) is 0 Å². The third-order valence-electron chi connectivity index (χ3n) is 4.59. The van der Waals surface area contributed by atoms with Gasteiger partial charge in [-0.1, -0.05) is 31.4 Å². The molecule has 1 saturated carbocycles. The van der Waals surface area contributed by atoms with Crippen LogP contribution in [-0.4, -0.2) is 44.0 Å². The Labute approximate surface area is 149 Å². The first-order chi connectivity index (χ1) is 11.8. The summed E-state index contributed by atoms with van der Waals surface area (Å²) in [6, 6.07) is 6.24. The van der Waals surface area contributed by atoms with Gasteiger partial charge in [0.15, 0.2) is 0 Å². The first-order valence-electron chi connectivity index (χ1n) is 8.83. The Hall–Kier alpha value is -1.47. The number of halogens is 1. The van der Waals surface area contributed by atoms with Crippen LogP contribution in [0.4, 0.5) is 4.39 Å². The van der Waals surface area contributed by atoms with Crippen LogP contribution in [0.1, 0.15) is 44.1 Å². The number of amides is 1. The van der Waals surface area contributed by atoms with E-state index in [1.807, 2.05) is 0 Å². The second-order valence-electron chi connectivity index (χ2n) is 6.69. The topological polar surface area (TPSA) is 66.5 Å². The number of benzene rings is 1. The summed E-state index contributed by atoms with van der Waals surface area (Å²) in [7, 11) is -3.39. The van der Waals surface area contributed by atoms with Crippen molar-refractivity contribution >= 4 is 15.9 Å². The molecule has 0 radical (unpaired) electrons. The lowest BCUT2D eigenvalue weighted by Gasteiger charge is -2.24. The maximum absolute atomic E-state index is 12.9. The molecule has 0 atom stereocenters. The lowest BCUT2D eigenvalue weighted by atomic mass is 9.95. The Morgan fingerprint density at radius 2 is 1.80 bits per heavy atom. The zero-order chi connectivity index (χ0) is 18.3. The molecule has 1 aromatic carbocycles. The quantitative estimate of drug-likeness (QED) is 0.764. The fourth-order valence-corrected chi connectivity index (χ4v) is 3.97. The first-order valence-corrected chi connectivity index (χ1v) is 10.7. The minimum atomic E-state index is -3.39. The SMILES string of the molecule is CS(=O)(=O)N(CCC(=O)NC1CCCCC1)CCc1ccc(F)cc1. The maximum Gasteiger partial charge on any atom is 0.221 e. The molecule has 0 spiro atoms. The van der Waals surface area contributed by atoms with Crippen LogP contribution in [0, 0.1) is 5.82 Å². The molecule has 140 valence electrons. The minimum absolute atomic E-state index is 0.0951. The summed E-state index contributed by atoms with van der Waals surface area (Å²) in [5.41, 5.74) is 0.863. The summed E-state index contributed by atoms with van der Waals surface area (Å²) in [6.45, 7) is 0.444. The van der Waals surface area contributed by atoms with Crippen molar-refractivity contribution in [2.24, 2.45) is 0 Å². The van der Waals surface area contributed by atoms with E-state index >= 15 is 0 Å². The minimum Gasteiger partial charge on any atom is -0.353 e. The molecule has 0 aromatic heterocycles. The molecule has 2 rings (SSSR count). The average Bonchev–Trinajstić information content (AvgIpc) is 2.56. The van der Waals surface area contributed by atoms with Gasteiger partial charge in [-0.2, -0.15) is 0 Å². The normalized spacial score (nSPS) is 16.1. The maximum atomic E-state index is 12.9. The largest absolute Gasteiger partial charge is 0.353 e. The number of rotatable bonds is 8. The third kappa shape index (κ3) is 7.12. The predicted molar refractivity (Wildman–Crippen MR) is 96.2 cm³/mol. The van der Waals surface area contributed by atoms with Crippen LogP contribution in [-0.2, 0) is 21.2 Å². The summed E-state index contributed by atoms with van der Waals surface area (Å²) < 4.78 is 38.1. The Bertz CT molecular complexity index is 655. The number of sulfonamides is 1.